The molecule has 0 aliphatic carbocycles. The number of benzene rings is 1. The van der Waals surface area contributed by atoms with Crippen LogP contribution in [0.2, 0.25) is 5.02 Å². The number of nitrogens with zero attached hydrogens (tertiary/aromatic N) is 3. The number of aromatic nitrogens is 2. The van der Waals surface area contributed by atoms with Gasteiger partial charge in [0.2, 0.25) is 0 Å². The van der Waals surface area contributed by atoms with Crippen LogP contribution < -0.4 is 5.32 Å². The number of hydrogen-bond donors (Lipinski definition) is 1. The lowest BCUT2D eigenvalue weighted by Crippen LogP contribution is -2.15. The highest BCUT2D eigenvalue weighted by molar-refractivity contribution is 7.98. The molecule has 0 aliphatic heterocycles. The molecule has 0 atom stereocenters. The molecule has 21 heavy (non-hydrogen) atoms. The first kappa shape index (κ1) is 15.3. The maximum absolute atomic E-state index is 12.2. The third-order valence-electron chi connectivity index (χ3n) is 2.61. The summed E-state index contributed by atoms with van der Waals surface area (Å²) >= 11 is 7.28. The van der Waals surface area contributed by atoms with Gasteiger partial charge in [0.05, 0.1) is 23.7 Å². The molecular formula is C14H11ClN4OS. The average molecular weight is 319 g/mol. The molecule has 0 saturated carbocycles. The van der Waals surface area contributed by atoms with E-state index in [1.54, 1.807) is 24.3 Å². The van der Waals surface area contributed by atoms with Crippen molar-refractivity contribution in [2.45, 2.75) is 11.6 Å². The summed E-state index contributed by atoms with van der Waals surface area (Å²) in [4.78, 5) is 20.3. The van der Waals surface area contributed by atoms with E-state index in [0.717, 1.165) is 5.56 Å². The highest BCUT2D eigenvalue weighted by atomic mass is 35.5. The third-order valence-corrected chi connectivity index (χ3v) is 3.45. The highest BCUT2D eigenvalue weighted by Gasteiger charge is 2.14. The quantitative estimate of drug-likeness (QED) is 0.692. The molecule has 1 aromatic carbocycles. The number of anilines is 1. The molecule has 5 nitrogen and oxygen atoms in total. The number of thioether (sulfide) groups is 1. The van der Waals surface area contributed by atoms with Gasteiger partial charge in [-0.05, 0) is 24.0 Å². The Bertz CT molecular complexity index is 697. The van der Waals surface area contributed by atoms with Gasteiger partial charge in [0.25, 0.3) is 5.91 Å². The Morgan fingerprint density at radius 1 is 1.43 bits per heavy atom. The van der Waals surface area contributed by atoms with E-state index in [0.29, 0.717) is 17.3 Å². The minimum atomic E-state index is -0.397. The summed E-state index contributed by atoms with van der Waals surface area (Å²) in [5, 5.41) is 12.0. The van der Waals surface area contributed by atoms with E-state index in [1.165, 1.54) is 18.0 Å². The molecule has 1 aromatic heterocycles. The second-order valence-electron chi connectivity index (χ2n) is 4.04. The van der Waals surface area contributed by atoms with Crippen molar-refractivity contribution >= 4 is 35.0 Å². The smallest absolute Gasteiger partial charge is 0.275 e. The lowest BCUT2D eigenvalue weighted by atomic mass is 10.1. The Morgan fingerprint density at radius 3 is 2.76 bits per heavy atom. The van der Waals surface area contributed by atoms with Gasteiger partial charge in [0, 0.05) is 5.69 Å². The predicted octanol–water partition coefficient (Wildman–Crippen LogP) is 3.17. The molecule has 0 aliphatic rings. The molecule has 7 heteroatoms. The maximum Gasteiger partial charge on any atom is 0.275 e. The Balaban J connectivity index is 2.16. The van der Waals surface area contributed by atoms with E-state index < -0.39 is 5.91 Å². The zero-order valence-electron chi connectivity index (χ0n) is 11.1. The number of nitriles is 1. The fraction of sp³-hybridized carbons (Fsp3) is 0.143. The summed E-state index contributed by atoms with van der Waals surface area (Å²) < 4.78 is 0. The van der Waals surface area contributed by atoms with Crippen molar-refractivity contribution in [3.8, 4) is 6.07 Å². The van der Waals surface area contributed by atoms with Crippen molar-refractivity contribution < 1.29 is 4.79 Å². The van der Waals surface area contributed by atoms with Crippen molar-refractivity contribution in [2.24, 2.45) is 0 Å². The van der Waals surface area contributed by atoms with Crippen LogP contribution in [0.5, 0.6) is 0 Å². The molecule has 2 rings (SSSR count). The Kier molecular flexibility index (Phi) is 5.14. The topological polar surface area (TPSA) is 78.7 Å². The van der Waals surface area contributed by atoms with E-state index in [1.807, 2.05) is 6.26 Å². The van der Waals surface area contributed by atoms with Crippen LogP contribution in [-0.2, 0) is 6.42 Å². The van der Waals surface area contributed by atoms with Crippen molar-refractivity contribution in [1.82, 2.24) is 9.97 Å². The number of hydrogen-bond acceptors (Lipinski definition) is 5. The van der Waals surface area contributed by atoms with Gasteiger partial charge in [-0.2, -0.15) is 5.26 Å². The summed E-state index contributed by atoms with van der Waals surface area (Å²) in [5.74, 6) is -0.397. The molecule has 0 spiro atoms. The third kappa shape index (κ3) is 3.94. The largest absolute Gasteiger partial charge is 0.321 e. The van der Waals surface area contributed by atoms with Gasteiger partial charge >= 0.3 is 0 Å². The van der Waals surface area contributed by atoms with E-state index in [-0.39, 0.29) is 10.7 Å². The summed E-state index contributed by atoms with van der Waals surface area (Å²) in [6.07, 6.45) is 3.56. The number of amides is 1. The van der Waals surface area contributed by atoms with Crippen LogP contribution in [-0.4, -0.2) is 22.1 Å². The normalized spacial score (nSPS) is 9.95. The van der Waals surface area contributed by atoms with E-state index in [4.69, 9.17) is 16.9 Å². The molecule has 0 saturated heterocycles. The van der Waals surface area contributed by atoms with Crippen molar-refractivity contribution in [1.29, 1.82) is 5.26 Å². The van der Waals surface area contributed by atoms with Gasteiger partial charge < -0.3 is 5.32 Å². The van der Waals surface area contributed by atoms with Gasteiger partial charge in [-0.25, -0.2) is 9.97 Å². The van der Waals surface area contributed by atoms with Crippen LogP contribution in [0.4, 0.5) is 5.69 Å². The fourth-order valence-corrected chi connectivity index (χ4v) is 2.11. The first-order valence-electron chi connectivity index (χ1n) is 5.98. The second kappa shape index (κ2) is 7.07. The molecule has 106 valence electrons. The van der Waals surface area contributed by atoms with Gasteiger partial charge in [-0.15, -0.1) is 0 Å². The SMILES string of the molecule is CSc1ncc(Cl)c(C(=O)Nc2ccc(CC#N)cc2)n1. The Labute approximate surface area is 131 Å². The van der Waals surface area contributed by atoms with Crippen LogP contribution in [0, 0.1) is 11.3 Å². The minimum Gasteiger partial charge on any atom is -0.321 e. The molecule has 1 heterocycles. The standard InChI is InChI=1S/C14H11ClN4OS/c1-21-14-17-8-11(15)12(19-14)13(20)18-10-4-2-9(3-5-10)6-7-16/h2-5,8H,6H2,1H3,(H,18,20). The summed E-state index contributed by atoms with van der Waals surface area (Å²) in [7, 11) is 0. The van der Waals surface area contributed by atoms with Gasteiger partial charge in [0.1, 0.15) is 0 Å². The van der Waals surface area contributed by atoms with Crippen LogP contribution in [0.25, 0.3) is 0 Å². The molecule has 1 amide bonds. The Hall–Kier alpha value is -2.10. The number of carbonyl (C=O) groups is 1. The van der Waals surface area contributed by atoms with Crippen LogP contribution in [0.1, 0.15) is 16.1 Å². The van der Waals surface area contributed by atoms with Gasteiger partial charge in [0.15, 0.2) is 10.9 Å². The monoisotopic (exact) mass is 318 g/mol. The lowest BCUT2D eigenvalue weighted by Gasteiger charge is -2.07. The minimum absolute atomic E-state index is 0.136. The molecular weight excluding hydrogens is 308 g/mol. The fourth-order valence-electron chi connectivity index (χ4n) is 1.60. The number of halogens is 1. The summed E-state index contributed by atoms with van der Waals surface area (Å²) in [6.45, 7) is 0. The first-order chi connectivity index (χ1) is 10.1. The summed E-state index contributed by atoms with van der Waals surface area (Å²) in [5.41, 5.74) is 1.64. The van der Waals surface area contributed by atoms with Crippen molar-refractivity contribution in [3.05, 3.63) is 46.7 Å². The second-order valence-corrected chi connectivity index (χ2v) is 5.22. The van der Waals surface area contributed by atoms with Gasteiger partial charge in [-0.1, -0.05) is 35.5 Å². The average Bonchev–Trinajstić information content (AvgIpc) is 2.50. The summed E-state index contributed by atoms with van der Waals surface area (Å²) in [6, 6.07) is 9.10. The lowest BCUT2D eigenvalue weighted by molar-refractivity contribution is 0.102. The number of rotatable bonds is 4. The number of carbonyl (C=O) groups excluding carboxylic acids is 1. The molecule has 0 fully saturated rings. The zero-order valence-corrected chi connectivity index (χ0v) is 12.7. The molecule has 1 N–H and O–H groups in total. The molecule has 0 bridgehead atoms. The van der Waals surface area contributed by atoms with Crippen LogP contribution >= 0.6 is 23.4 Å². The van der Waals surface area contributed by atoms with E-state index in [2.05, 4.69) is 21.4 Å². The molecule has 2 aromatic rings. The zero-order chi connectivity index (χ0) is 15.2. The highest BCUT2D eigenvalue weighted by Crippen LogP contribution is 2.18. The van der Waals surface area contributed by atoms with Crippen molar-refractivity contribution in [2.75, 3.05) is 11.6 Å². The van der Waals surface area contributed by atoms with Crippen LogP contribution in [0.15, 0.2) is 35.6 Å². The first-order valence-corrected chi connectivity index (χ1v) is 7.58. The molecule has 0 unspecified atom stereocenters. The van der Waals surface area contributed by atoms with Crippen LogP contribution in [0.3, 0.4) is 0 Å². The van der Waals surface area contributed by atoms with Crippen molar-refractivity contribution in [3.63, 3.8) is 0 Å². The van der Waals surface area contributed by atoms with E-state index >= 15 is 0 Å². The van der Waals surface area contributed by atoms with Gasteiger partial charge in [-0.3, -0.25) is 4.79 Å². The maximum atomic E-state index is 12.2. The Morgan fingerprint density at radius 2 is 2.14 bits per heavy atom. The molecule has 0 radical (unpaired) electrons. The predicted molar refractivity (Wildman–Crippen MR) is 82.5 cm³/mol. The number of nitrogens with one attached hydrogen (secondary N) is 1. The van der Waals surface area contributed by atoms with E-state index in [9.17, 15) is 4.79 Å².